The topological polar surface area (TPSA) is 109 Å². The van der Waals surface area contributed by atoms with Crippen LogP contribution in [0, 0.1) is 21.4 Å². The number of nitriles is 1. The van der Waals surface area contributed by atoms with Crippen molar-refractivity contribution < 1.29 is 14.5 Å². The molecule has 8 heteroatoms. The highest BCUT2D eigenvalue weighted by molar-refractivity contribution is 5.77. The molecule has 0 fully saturated rings. The van der Waals surface area contributed by atoms with E-state index in [0.29, 0.717) is 13.0 Å². The third-order valence-electron chi connectivity index (χ3n) is 2.63. The van der Waals surface area contributed by atoms with Crippen LogP contribution in [0.5, 0.6) is 0 Å². The van der Waals surface area contributed by atoms with Crippen molar-refractivity contribution in [2.24, 2.45) is 0 Å². The van der Waals surface area contributed by atoms with Crippen LogP contribution in [0.15, 0.2) is 12.3 Å². The summed E-state index contributed by atoms with van der Waals surface area (Å²) in [5.41, 5.74) is -0.479. The predicted octanol–water partition coefficient (Wildman–Crippen LogP) is 1.64. The summed E-state index contributed by atoms with van der Waals surface area (Å²) < 4.78 is 4.85. The lowest BCUT2D eigenvalue weighted by Crippen LogP contribution is -2.33. The van der Waals surface area contributed by atoms with E-state index in [1.807, 2.05) is 6.92 Å². The van der Waals surface area contributed by atoms with E-state index < -0.39 is 16.6 Å². The Kier molecular flexibility index (Phi) is 6.07. The Morgan fingerprint density at radius 2 is 2.29 bits per heavy atom. The molecule has 1 rings (SSSR count). The number of carbonyl (C=O) groups excluding carboxylic acids is 1. The van der Waals surface area contributed by atoms with Gasteiger partial charge in [0.25, 0.3) is 0 Å². The Bertz CT molecular complexity index is 568. The highest BCUT2D eigenvalue weighted by Crippen LogP contribution is 2.29. The van der Waals surface area contributed by atoms with Crippen LogP contribution >= 0.6 is 0 Å². The molecule has 8 nitrogen and oxygen atoms in total. The monoisotopic (exact) mass is 292 g/mol. The molecule has 0 N–H and O–H groups in total. The van der Waals surface area contributed by atoms with E-state index in [1.54, 1.807) is 13.0 Å². The third-order valence-corrected chi connectivity index (χ3v) is 2.63. The lowest BCUT2D eigenvalue weighted by molar-refractivity contribution is -0.384. The number of nitrogens with zero attached hydrogens (tertiary/aromatic N) is 4. The molecule has 1 aromatic heterocycles. The normalized spacial score (nSPS) is 9.76. The SMILES string of the molecule is CCCN(CC(=O)OCC)c1nccc(C#N)c1[N+](=O)[O-]. The van der Waals surface area contributed by atoms with E-state index in [0.717, 1.165) is 0 Å². The summed E-state index contributed by atoms with van der Waals surface area (Å²) >= 11 is 0. The van der Waals surface area contributed by atoms with Gasteiger partial charge in [-0.1, -0.05) is 6.92 Å². The molecule has 0 atom stereocenters. The molecule has 0 aliphatic rings. The maximum Gasteiger partial charge on any atom is 0.329 e. The van der Waals surface area contributed by atoms with Crippen molar-refractivity contribution in [3.8, 4) is 6.07 Å². The largest absolute Gasteiger partial charge is 0.465 e. The van der Waals surface area contributed by atoms with Crippen molar-refractivity contribution in [3.05, 3.63) is 27.9 Å². The molecule has 1 aromatic rings. The maximum absolute atomic E-state index is 11.6. The maximum atomic E-state index is 11.6. The molecular weight excluding hydrogens is 276 g/mol. The minimum atomic E-state index is -0.658. The Hall–Kier alpha value is -2.69. The van der Waals surface area contributed by atoms with Gasteiger partial charge in [-0.15, -0.1) is 0 Å². The van der Waals surface area contributed by atoms with Crippen molar-refractivity contribution in [2.45, 2.75) is 20.3 Å². The van der Waals surface area contributed by atoms with Crippen LogP contribution in [0.1, 0.15) is 25.8 Å². The summed E-state index contributed by atoms with van der Waals surface area (Å²) in [5.74, 6) is -0.488. The fourth-order valence-corrected chi connectivity index (χ4v) is 1.84. The molecule has 0 saturated carbocycles. The Labute approximate surface area is 122 Å². The Morgan fingerprint density at radius 1 is 1.57 bits per heavy atom. The van der Waals surface area contributed by atoms with Gasteiger partial charge in [0.1, 0.15) is 18.2 Å². The van der Waals surface area contributed by atoms with Crippen LogP contribution in [0.2, 0.25) is 0 Å². The highest BCUT2D eigenvalue weighted by Gasteiger charge is 2.26. The van der Waals surface area contributed by atoms with Gasteiger partial charge in [-0.05, 0) is 19.4 Å². The zero-order valence-corrected chi connectivity index (χ0v) is 11.9. The Balaban J connectivity index is 3.22. The van der Waals surface area contributed by atoms with Crippen LogP contribution in [0.3, 0.4) is 0 Å². The van der Waals surface area contributed by atoms with Gasteiger partial charge in [-0.3, -0.25) is 14.9 Å². The van der Waals surface area contributed by atoms with Crippen molar-refractivity contribution in [3.63, 3.8) is 0 Å². The number of anilines is 1. The molecule has 0 radical (unpaired) electrons. The third kappa shape index (κ3) is 4.14. The molecule has 0 spiro atoms. The second-order valence-electron chi connectivity index (χ2n) is 4.13. The van der Waals surface area contributed by atoms with Gasteiger partial charge in [0.15, 0.2) is 0 Å². The van der Waals surface area contributed by atoms with Gasteiger partial charge < -0.3 is 9.64 Å². The molecule has 1 heterocycles. The summed E-state index contributed by atoms with van der Waals surface area (Å²) in [6, 6.07) is 3.04. The fraction of sp³-hybridized carbons (Fsp3) is 0.462. The van der Waals surface area contributed by atoms with Gasteiger partial charge in [0.2, 0.25) is 5.82 Å². The number of hydrogen-bond donors (Lipinski definition) is 0. The number of ether oxygens (including phenoxy) is 1. The average molecular weight is 292 g/mol. The quantitative estimate of drug-likeness (QED) is 0.427. The highest BCUT2D eigenvalue weighted by atomic mass is 16.6. The molecule has 0 saturated heterocycles. The summed E-state index contributed by atoms with van der Waals surface area (Å²) in [6.45, 7) is 4.02. The minimum Gasteiger partial charge on any atom is -0.465 e. The van der Waals surface area contributed by atoms with E-state index in [1.165, 1.54) is 17.2 Å². The first kappa shape index (κ1) is 16.4. The molecule has 0 amide bonds. The van der Waals surface area contributed by atoms with Crippen LogP contribution in [-0.2, 0) is 9.53 Å². The summed E-state index contributed by atoms with van der Waals surface area (Å²) in [7, 11) is 0. The number of nitro groups is 1. The van der Waals surface area contributed by atoms with Crippen molar-refractivity contribution >= 4 is 17.5 Å². The first-order chi connectivity index (χ1) is 10.0. The zero-order chi connectivity index (χ0) is 15.8. The molecule has 0 aliphatic heterocycles. The number of hydrogen-bond acceptors (Lipinski definition) is 7. The summed E-state index contributed by atoms with van der Waals surface area (Å²) in [6.07, 6.45) is 1.98. The summed E-state index contributed by atoms with van der Waals surface area (Å²) in [4.78, 5) is 27.6. The van der Waals surface area contributed by atoms with E-state index in [2.05, 4.69) is 4.98 Å². The number of aromatic nitrogens is 1. The first-order valence-electron chi connectivity index (χ1n) is 6.49. The van der Waals surface area contributed by atoms with Gasteiger partial charge >= 0.3 is 11.7 Å². The lowest BCUT2D eigenvalue weighted by Gasteiger charge is -2.21. The van der Waals surface area contributed by atoms with E-state index in [-0.39, 0.29) is 24.5 Å². The van der Waals surface area contributed by atoms with Crippen LogP contribution in [-0.4, -0.2) is 35.6 Å². The van der Waals surface area contributed by atoms with Crippen LogP contribution in [0.25, 0.3) is 0 Å². The van der Waals surface area contributed by atoms with Gasteiger partial charge in [0.05, 0.1) is 11.5 Å². The fourth-order valence-electron chi connectivity index (χ4n) is 1.84. The standard InChI is InChI=1S/C13H16N4O4/c1-3-7-16(9-11(18)21-4-2)13-12(17(19)20)10(8-14)5-6-15-13/h5-6H,3-4,7,9H2,1-2H3. The number of pyridine rings is 1. The van der Waals surface area contributed by atoms with E-state index in [9.17, 15) is 14.9 Å². The van der Waals surface area contributed by atoms with E-state index >= 15 is 0 Å². The van der Waals surface area contributed by atoms with Crippen LogP contribution in [0.4, 0.5) is 11.5 Å². The number of carbonyl (C=O) groups is 1. The average Bonchev–Trinajstić information content (AvgIpc) is 2.46. The van der Waals surface area contributed by atoms with E-state index in [4.69, 9.17) is 10.00 Å². The predicted molar refractivity (Wildman–Crippen MR) is 74.7 cm³/mol. The molecular formula is C13H16N4O4. The first-order valence-corrected chi connectivity index (χ1v) is 6.49. The minimum absolute atomic E-state index is 0.00829. The van der Waals surface area contributed by atoms with Gasteiger partial charge in [-0.25, -0.2) is 4.98 Å². The molecule has 0 unspecified atom stereocenters. The Morgan fingerprint density at radius 3 is 2.81 bits per heavy atom. The number of esters is 1. The van der Waals surface area contributed by atoms with Gasteiger partial charge in [0, 0.05) is 12.7 Å². The number of rotatable bonds is 7. The smallest absolute Gasteiger partial charge is 0.329 e. The molecule has 21 heavy (non-hydrogen) atoms. The van der Waals surface area contributed by atoms with Gasteiger partial charge in [-0.2, -0.15) is 5.26 Å². The zero-order valence-electron chi connectivity index (χ0n) is 11.9. The molecule has 0 aliphatic carbocycles. The second-order valence-corrected chi connectivity index (χ2v) is 4.13. The van der Waals surface area contributed by atoms with Crippen molar-refractivity contribution in [1.29, 1.82) is 5.26 Å². The van der Waals surface area contributed by atoms with Crippen LogP contribution < -0.4 is 4.90 Å². The van der Waals surface area contributed by atoms with Crippen molar-refractivity contribution in [2.75, 3.05) is 24.6 Å². The molecule has 0 bridgehead atoms. The second kappa shape index (κ2) is 7.79. The summed E-state index contributed by atoms with van der Waals surface area (Å²) in [5, 5.41) is 20.2. The molecule has 0 aromatic carbocycles. The lowest BCUT2D eigenvalue weighted by atomic mass is 10.2. The molecule has 112 valence electrons. The van der Waals surface area contributed by atoms with Crippen molar-refractivity contribution in [1.82, 2.24) is 4.98 Å².